The van der Waals surface area contributed by atoms with Gasteiger partial charge in [0.15, 0.2) is 5.82 Å². The Bertz CT molecular complexity index is 1460. The van der Waals surface area contributed by atoms with Crippen molar-refractivity contribution in [3.05, 3.63) is 84.0 Å². The molecule has 44 heavy (non-hydrogen) atoms. The summed E-state index contributed by atoms with van der Waals surface area (Å²) in [5.41, 5.74) is 2.31. The van der Waals surface area contributed by atoms with Gasteiger partial charge in [-0.15, -0.1) is 5.10 Å². The molecular formula is C33H43FN4O5Si. The van der Waals surface area contributed by atoms with Crippen molar-refractivity contribution in [1.29, 1.82) is 0 Å². The molecule has 3 rings (SSSR count). The van der Waals surface area contributed by atoms with E-state index in [9.17, 15) is 9.18 Å². The van der Waals surface area contributed by atoms with Crippen LogP contribution in [0.2, 0.25) is 25.7 Å². The summed E-state index contributed by atoms with van der Waals surface area (Å²) in [6.07, 6.45) is 3.33. The van der Waals surface area contributed by atoms with Crippen LogP contribution in [0, 0.1) is 11.2 Å². The molecule has 0 atom stereocenters. The summed E-state index contributed by atoms with van der Waals surface area (Å²) in [4.78, 5) is 20.9. The van der Waals surface area contributed by atoms with Crippen LogP contribution in [0.4, 0.5) is 4.39 Å². The minimum atomic E-state index is -1.24. The van der Waals surface area contributed by atoms with Gasteiger partial charge in [0.05, 0.1) is 12.5 Å². The molecule has 236 valence electrons. The van der Waals surface area contributed by atoms with E-state index in [1.807, 2.05) is 24.3 Å². The molecule has 0 bridgehead atoms. The van der Waals surface area contributed by atoms with Crippen molar-refractivity contribution in [3.63, 3.8) is 0 Å². The lowest BCUT2D eigenvalue weighted by atomic mass is 9.95. The van der Waals surface area contributed by atoms with E-state index in [4.69, 9.17) is 18.9 Å². The smallest absolute Gasteiger partial charge is 0.317 e. The number of benzene rings is 2. The van der Waals surface area contributed by atoms with Gasteiger partial charge in [0.1, 0.15) is 25.8 Å². The number of carbonyl (C=O) groups excluding carboxylic acids is 1. The number of hydrogen-bond donors (Lipinski definition) is 0. The van der Waals surface area contributed by atoms with Gasteiger partial charge in [0.25, 0.3) is 0 Å². The van der Waals surface area contributed by atoms with E-state index < -0.39 is 13.5 Å². The lowest BCUT2D eigenvalue weighted by molar-refractivity contribution is -0.153. The third kappa shape index (κ3) is 10.6. The van der Waals surface area contributed by atoms with Crippen LogP contribution in [-0.4, -0.2) is 55.3 Å². The third-order valence-electron chi connectivity index (χ3n) is 6.56. The Hall–Kier alpha value is -4.09. The van der Waals surface area contributed by atoms with Gasteiger partial charge >= 0.3 is 12.0 Å². The number of ether oxygens (including phenoxy) is 4. The Morgan fingerprint density at radius 1 is 1.11 bits per heavy atom. The first-order chi connectivity index (χ1) is 20.8. The average Bonchev–Trinajstić information content (AvgIpc) is 3.41. The van der Waals surface area contributed by atoms with E-state index in [2.05, 4.69) is 41.3 Å². The minimum absolute atomic E-state index is 0.121. The van der Waals surface area contributed by atoms with Gasteiger partial charge in [-0.3, -0.25) is 4.79 Å². The standard InChI is InChI=1S/C33H43FN4O5Si/c1-9-29(43-22-33(3,4)31(39)40-5)35-20-24(2)26-12-14-27(15-13-26)30-36-32(42-21-25-10-16-28(34)17-11-25)38(37-30)23-41-18-19-44(6,7)8/h9-17,20H,2,18-19,21-23H2,1,3-8H3/b29-9+,35-20-. The number of methoxy groups -OCH3 is 1. The van der Waals surface area contributed by atoms with E-state index in [0.29, 0.717) is 29.9 Å². The molecule has 1 aromatic heterocycles. The second-order valence-electron chi connectivity index (χ2n) is 12.1. The molecule has 0 saturated carbocycles. The predicted molar refractivity (Wildman–Crippen MR) is 173 cm³/mol. The molecule has 3 aromatic rings. The summed E-state index contributed by atoms with van der Waals surface area (Å²) >= 11 is 0. The van der Waals surface area contributed by atoms with Crippen LogP contribution < -0.4 is 4.74 Å². The summed E-state index contributed by atoms with van der Waals surface area (Å²) in [6.45, 7) is 17.5. The van der Waals surface area contributed by atoms with Gasteiger partial charge in [0, 0.05) is 26.5 Å². The average molecular weight is 623 g/mol. The van der Waals surface area contributed by atoms with Crippen molar-refractivity contribution in [2.45, 2.75) is 59.8 Å². The van der Waals surface area contributed by atoms with Gasteiger partial charge in [-0.1, -0.05) is 62.6 Å². The zero-order chi connectivity index (χ0) is 32.3. The highest BCUT2D eigenvalue weighted by Gasteiger charge is 2.30. The lowest BCUT2D eigenvalue weighted by Gasteiger charge is -2.21. The summed E-state index contributed by atoms with van der Waals surface area (Å²) in [7, 11) is 0.107. The fraction of sp³-hybridized carbons (Fsp3) is 0.394. The maximum atomic E-state index is 13.3. The maximum Gasteiger partial charge on any atom is 0.317 e. The van der Waals surface area contributed by atoms with Crippen molar-refractivity contribution in [2.75, 3.05) is 20.3 Å². The molecule has 0 aliphatic carbocycles. The Labute approximate surface area is 260 Å². The molecule has 0 aliphatic heterocycles. The fourth-order valence-electron chi connectivity index (χ4n) is 3.73. The van der Waals surface area contributed by atoms with Gasteiger partial charge < -0.3 is 18.9 Å². The van der Waals surface area contributed by atoms with Crippen LogP contribution >= 0.6 is 0 Å². The Balaban J connectivity index is 1.70. The van der Waals surface area contributed by atoms with Crippen molar-refractivity contribution < 1.29 is 28.1 Å². The van der Waals surface area contributed by atoms with Crippen LogP contribution in [0.5, 0.6) is 6.01 Å². The highest BCUT2D eigenvalue weighted by molar-refractivity contribution is 6.76. The third-order valence-corrected chi connectivity index (χ3v) is 8.26. The second kappa shape index (κ2) is 15.6. The molecule has 0 saturated heterocycles. The predicted octanol–water partition coefficient (Wildman–Crippen LogP) is 7.14. The number of carbonyl (C=O) groups is 1. The Morgan fingerprint density at radius 3 is 2.41 bits per heavy atom. The summed E-state index contributed by atoms with van der Waals surface area (Å²) in [5.74, 6) is 0.191. The highest BCUT2D eigenvalue weighted by Crippen LogP contribution is 2.23. The van der Waals surface area contributed by atoms with Gasteiger partial charge in [-0.25, -0.2) is 9.38 Å². The van der Waals surface area contributed by atoms with Crippen molar-refractivity contribution in [3.8, 4) is 17.4 Å². The number of allylic oxidation sites excluding steroid dienone is 2. The first-order valence-electron chi connectivity index (χ1n) is 14.4. The fourth-order valence-corrected chi connectivity index (χ4v) is 4.49. The molecule has 1 heterocycles. The molecular weight excluding hydrogens is 579 g/mol. The number of halogens is 1. The van der Waals surface area contributed by atoms with Crippen LogP contribution in [0.15, 0.2) is 72.1 Å². The number of aromatic nitrogens is 3. The molecule has 0 fully saturated rings. The van der Waals surface area contributed by atoms with Crippen molar-refractivity contribution in [1.82, 2.24) is 14.8 Å². The lowest BCUT2D eigenvalue weighted by Crippen LogP contribution is -2.30. The Kier molecular flexibility index (Phi) is 12.2. The number of rotatable bonds is 16. The molecule has 0 aliphatic rings. The van der Waals surface area contributed by atoms with E-state index in [1.165, 1.54) is 19.2 Å². The van der Waals surface area contributed by atoms with Crippen molar-refractivity contribution in [2.24, 2.45) is 10.4 Å². The molecule has 11 heteroatoms. The van der Waals surface area contributed by atoms with Crippen molar-refractivity contribution >= 4 is 25.8 Å². The molecule has 0 spiro atoms. The normalized spacial score (nSPS) is 12.4. The molecule has 0 radical (unpaired) electrons. The van der Waals surface area contributed by atoms with Crippen LogP contribution in [0.1, 0.15) is 31.9 Å². The number of esters is 1. The minimum Gasteiger partial charge on any atom is -0.477 e. The topological polar surface area (TPSA) is 97.1 Å². The maximum absolute atomic E-state index is 13.3. The largest absolute Gasteiger partial charge is 0.477 e. The highest BCUT2D eigenvalue weighted by atomic mass is 28.3. The van der Waals surface area contributed by atoms with E-state index in [1.54, 1.807) is 49.9 Å². The van der Waals surface area contributed by atoms with Crippen LogP contribution in [-0.2, 0) is 32.3 Å². The molecule has 0 unspecified atom stereocenters. The molecule has 9 nitrogen and oxygen atoms in total. The van der Waals surface area contributed by atoms with E-state index in [0.717, 1.165) is 22.7 Å². The summed E-state index contributed by atoms with van der Waals surface area (Å²) in [6, 6.07) is 15.1. The number of hydrogen-bond acceptors (Lipinski definition) is 8. The van der Waals surface area contributed by atoms with E-state index >= 15 is 0 Å². The molecule has 0 amide bonds. The number of nitrogens with zero attached hydrogens (tertiary/aromatic N) is 4. The second-order valence-corrected chi connectivity index (χ2v) is 17.8. The van der Waals surface area contributed by atoms with E-state index in [-0.39, 0.29) is 31.7 Å². The zero-order valence-electron chi connectivity index (χ0n) is 26.7. The van der Waals surface area contributed by atoms with Crippen LogP contribution in [0.25, 0.3) is 17.0 Å². The van der Waals surface area contributed by atoms with Gasteiger partial charge in [-0.2, -0.15) is 9.67 Å². The quantitative estimate of drug-likeness (QED) is 0.0551. The molecule has 0 N–H and O–H groups in total. The first kappa shape index (κ1) is 34.4. The summed E-state index contributed by atoms with van der Waals surface area (Å²) in [5, 5.41) is 4.65. The number of aliphatic imine (C=N–C) groups is 1. The SMILES string of the molecule is C=C(/C=N\C(=C/C)OCC(C)(C)C(=O)OC)c1ccc(-c2nc(OCc3ccc(F)cc3)n(COCC[Si](C)(C)C)n2)cc1. The molecule has 2 aromatic carbocycles. The zero-order valence-corrected chi connectivity index (χ0v) is 27.7. The van der Waals surface area contributed by atoms with Gasteiger partial charge in [0.2, 0.25) is 5.88 Å². The summed E-state index contributed by atoms with van der Waals surface area (Å²) < 4.78 is 37.4. The Morgan fingerprint density at radius 2 is 1.80 bits per heavy atom. The first-order valence-corrected chi connectivity index (χ1v) is 18.1. The van der Waals surface area contributed by atoms with Crippen LogP contribution in [0.3, 0.4) is 0 Å². The van der Waals surface area contributed by atoms with Gasteiger partial charge in [-0.05, 0) is 61.7 Å². The monoisotopic (exact) mass is 622 g/mol.